The first-order valence-corrected chi connectivity index (χ1v) is 3.76. The zero-order valence-corrected chi connectivity index (χ0v) is 7.86. The molecule has 0 spiro atoms. The van der Waals surface area contributed by atoms with E-state index >= 15 is 0 Å². The van der Waals surface area contributed by atoms with E-state index in [1.54, 1.807) is 0 Å². The highest BCUT2D eigenvalue weighted by atomic mass is 16.9. The standard InChI is InChI=1S/C8H13N.HNO3/c1-6-5-9(4)8(3)7(6)2;2-1(3)4/h8H,1-2,5H2,3-4H3;(H,2,3,4). The minimum Gasteiger partial charge on any atom is -0.328 e. The lowest BCUT2D eigenvalue weighted by atomic mass is 10.1. The zero-order valence-electron chi connectivity index (χ0n) is 7.86. The lowest BCUT2D eigenvalue weighted by Gasteiger charge is -2.12. The van der Waals surface area contributed by atoms with Crippen molar-refractivity contribution in [3.63, 3.8) is 0 Å². The van der Waals surface area contributed by atoms with E-state index in [0.717, 1.165) is 6.54 Å². The Labute approximate surface area is 77.1 Å². The van der Waals surface area contributed by atoms with E-state index in [1.807, 2.05) is 0 Å². The Morgan fingerprint density at radius 1 is 1.69 bits per heavy atom. The van der Waals surface area contributed by atoms with Gasteiger partial charge in [0.15, 0.2) is 0 Å². The summed E-state index contributed by atoms with van der Waals surface area (Å²) in [5, 5.41) is 13.6. The first kappa shape index (κ1) is 11.6. The van der Waals surface area contributed by atoms with E-state index in [4.69, 9.17) is 15.3 Å². The molecule has 0 bridgehead atoms. The van der Waals surface area contributed by atoms with E-state index in [1.165, 1.54) is 11.1 Å². The molecule has 5 nitrogen and oxygen atoms in total. The highest BCUT2D eigenvalue weighted by Crippen LogP contribution is 2.23. The maximum atomic E-state index is 8.36. The molecule has 1 aliphatic heterocycles. The van der Waals surface area contributed by atoms with Gasteiger partial charge in [-0.15, -0.1) is 10.1 Å². The lowest BCUT2D eigenvalue weighted by Crippen LogP contribution is -2.21. The van der Waals surface area contributed by atoms with E-state index < -0.39 is 5.09 Å². The summed E-state index contributed by atoms with van der Waals surface area (Å²) in [6.45, 7) is 11.0. The number of nitrogens with zero attached hydrogens (tertiary/aromatic N) is 2. The molecular weight excluding hydrogens is 172 g/mol. The summed E-state index contributed by atoms with van der Waals surface area (Å²) in [7, 11) is 2.09. The Morgan fingerprint density at radius 3 is 2.15 bits per heavy atom. The SMILES string of the molecule is C=C1CN(C)C(C)C1=C.O=[N+]([O-])O. The van der Waals surface area contributed by atoms with Crippen molar-refractivity contribution in [3.05, 3.63) is 34.4 Å². The summed E-state index contributed by atoms with van der Waals surface area (Å²) in [4.78, 5) is 10.6. The highest BCUT2D eigenvalue weighted by Gasteiger charge is 2.22. The number of rotatable bonds is 0. The second kappa shape index (κ2) is 4.61. The van der Waals surface area contributed by atoms with Gasteiger partial charge in [-0.25, -0.2) is 0 Å². The number of likely N-dealkylation sites (tertiary alicyclic amines) is 1. The van der Waals surface area contributed by atoms with Gasteiger partial charge in [-0.2, -0.15) is 0 Å². The highest BCUT2D eigenvalue weighted by molar-refractivity contribution is 5.35. The summed E-state index contributed by atoms with van der Waals surface area (Å²) in [6, 6.07) is 0.498. The van der Waals surface area contributed by atoms with E-state index in [9.17, 15) is 0 Å². The number of hydrogen-bond donors (Lipinski definition) is 1. The third-order valence-electron chi connectivity index (χ3n) is 2.06. The van der Waals surface area contributed by atoms with Gasteiger partial charge in [0.25, 0.3) is 5.09 Å². The summed E-state index contributed by atoms with van der Waals surface area (Å²) in [6.07, 6.45) is 0. The zero-order chi connectivity index (χ0) is 10.6. The average Bonchev–Trinajstić information content (AvgIpc) is 2.17. The molecule has 1 fully saturated rings. The van der Waals surface area contributed by atoms with Crippen molar-refractivity contribution in [3.8, 4) is 0 Å². The van der Waals surface area contributed by atoms with Crippen LogP contribution in [-0.4, -0.2) is 34.8 Å². The molecule has 1 atom stereocenters. The first-order valence-electron chi connectivity index (χ1n) is 3.76. The van der Waals surface area contributed by atoms with Gasteiger partial charge in [0.2, 0.25) is 0 Å². The minimum absolute atomic E-state index is 0.498. The molecule has 5 heteroatoms. The third kappa shape index (κ3) is 3.71. The third-order valence-corrected chi connectivity index (χ3v) is 2.06. The molecule has 0 saturated carbocycles. The maximum absolute atomic E-state index is 8.36. The Kier molecular flexibility index (Phi) is 4.13. The van der Waals surface area contributed by atoms with Gasteiger partial charge in [0.1, 0.15) is 0 Å². The maximum Gasteiger partial charge on any atom is 0.291 e. The van der Waals surface area contributed by atoms with Crippen molar-refractivity contribution in [2.75, 3.05) is 13.6 Å². The van der Waals surface area contributed by atoms with Crippen molar-refractivity contribution in [1.82, 2.24) is 4.90 Å². The molecule has 74 valence electrons. The second-order valence-corrected chi connectivity index (χ2v) is 2.96. The number of hydrogen-bond acceptors (Lipinski definition) is 3. The summed E-state index contributed by atoms with van der Waals surface area (Å²) >= 11 is 0. The molecule has 0 aromatic carbocycles. The Bertz CT molecular complexity index is 234. The molecule has 0 aromatic heterocycles. The van der Waals surface area contributed by atoms with E-state index in [2.05, 4.69) is 32.0 Å². The van der Waals surface area contributed by atoms with Crippen LogP contribution in [0.4, 0.5) is 0 Å². The topological polar surface area (TPSA) is 66.6 Å². The van der Waals surface area contributed by atoms with Crippen molar-refractivity contribution in [2.45, 2.75) is 13.0 Å². The molecule has 1 aliphatic rings. The largest absolute Gasteiger partial charge is 0.328 e. The molecule has 13 heavy (non-hydrogen) atoms. The van der Waals surface area contributed by atoms with Gasteiger partial charge in [-0.3, -0.25) is 4.90 Å². The van der Waals surface area contributed by atoms with Crippen LogP contribution in [0, 0.1) is 10.1 Å². The van der Waals surface area contributed by atoms with Gasteiger partial charge in [0, 0.05) is 12.6 Å². The van der Waals surface area contributed by atoms with Crippen LogP contribution < -0.4 is 0 Å². The van der Waals surface area contributed by atoms with Crippen LogP contribution in [0.15, 0.2) is 24.3 Å². The van der Waals surface area contributed by atoms with Crippen molar-refractivity contribution in [2.24, 2.45) is 0 Å². The predicted octanol–water partition coefficient (Wildman–Crippen LogP) is 1.08. The fourth-order valence-electron chi connectivity index (χ4n) is 1.10. The van der Waals surface area contributed by atoms with E-state index in [-0.39, 0.29) is 0 Å². The fourth-order valence-corrected chi connectivity index (χ4v) is 1.10. The monoisotopic (exact) mass is 186 g/mol. The lowest BCUT2D eigenvalue weighted by molar-refractivity contribution is -0.742. The van der Waals surface area contributed by atoms with Crippen LogP contribution in [-0.2, 0) is 0 Å². The molecule has 1 heterocycles. The summed E-state index contributed by atoms with van der Waals surface area (Å²) in [5.41, 5.74) is 2.38. The van der Waals surface area contributed by atoms with Gasteiger partial charge in [0.05, 0.1) is 0 Å². The molecule has 0 aliphatic carbocycles. The Morgan fingerprint density at radius 2 is 2.08 bits per heavy atom. The summed E-state index contributed by atoms with van der Waals surface area (Å²) in [5.74, 6) is 0. The van der Waals surface area contributed by atoms with E-state index in [0.29, 0.717) is 6.04 Å². The molecule has 1 rings (SSSR count). The molecule has 0 radical (unpaired) electrons. The van der Waals surface area contributed by atoms with Crippen LogP contribution in [0.5, 0.6) is 0 Å². The van der Waals surface area contributed by atoms with Crippen LogP contribution >= 0.6 is 0 Å². The predicted molar refractivity (Wildman–Crippen MR) is 49.2 cm³/mol. The molecule has 1 saturated heterocycles. The second-order valence-electron chi connectivity index (χ2n) is 2.96. The molecule has 1 N–H and O–H groups in total. The molecule has 0 amide bonds. The van der Waals surface area contributed by atoms with Crippen LogP contribution in [0.1, 0.15) is 6.92 Å². The Hall–Kier alpha value is -1.36. The average molecular weight is 186 g/mol. The number of likely N-dealkylation sites (N-methyl/N-ethyl adjacent to an activating group) is 1. The van der Waals surface area contributed by atoms with Gasteiger partial charge < -0.3 is 5.21 Å². The van der Waals surface area contributed by atoms with Gasteiger partial charge >= 0.3 is 0 Å². The van der Waals surface area contributed by atoms with Crippen LogP contribution in [0.25, 0.3) is 0 Å². The normalized spacial score (nSPS) is 22.5. The first-order chi connectivity index (χ1) is 5.86. The smallest absolute Gasteiger partial charge is 0.291 e. The van der Waals surface area contributed by atoms with Crippen LogP contribution in [0.3, 0.4) is 0 Å². The van der Waals surface area contributed by atoms with Crippen molar-refractivity contribution < 1.29 is 10.3 Å². The van der Waals surface area contributed by atoms with Gasteiger partial charge in [-0.1, -0.05) is 13.2 Å². The van der Waals surface area contributed by atoms with Crippen molar-refractivity contribution in [1.29, 1.82) is 0 Å². The van der Waals surface area contributed by atoms with Crippen LogP contribution in [0.2, 0.25) is 0 Å². The molecule has 0 aromatic rings. The summed E-state index contributed by atoms with van der Waals surface area (Å²) < 4.78 is 0. The van der Waals surface area contributed by atoms with Crippen molar-refractivity contribution >= 4 is 0 Å². The fraction of sp³-hybridized carbons (Fsp3) is 0.500. The minimum atomic E-state index is -1.50. The Balaban J connectivity index is 0.000000310. The molecular formula is C8H14N2O3. The molecule has 1 unspecified atom stereocenters. The quantitative estimate of drug-likeness (QED) is 0.454. The van der Waals surface area contributed by atoms with Gasteiger partial charge in [-0.05, 0) is 25.1 Å².